The number of carbonyl (C=O) groups is 1. The van der Waals surface area contributed by atoms with Crippen LogP contribution >= 0.6 is 0 Å². The summed E-state index contributed by atoms with van der Waals surface area (Å²) in [6.45, 7) is 0.542. The summed E-state index contributed by atoms with van der Waals surface area (Å²) in [6.07, 6.45) is 2.80. The average molecular weight is 188 g/mol. The number of amides is 1. The summed E-state index contributed by atoms with van der Waals surface area (Å²) in [5.41, 5.74) is 2.00. The van der Waals surface area contributed by atoms with E-state index in [4.69, 9.17) is 0 Å². The molecule has 0 unspecified atom stereocenters. The molecule has 0 bridgehead atoms. The number of hydrogen-bond acceptors (Lipinski definition) is 2. The van der Waals surface area contributed by atoms with Crippen molar-refractivity contribution in [2.24, 2.45) is 0 Å². The van der Waals surface area contributed by atoms with E-state index in [9.17, 15) is 4.79 Å². The first-order valence-corrected chi connectivity index (χ1v) is 4.52. The van der Waals surface area contributed by atoms with Gasteiger partial charge in [-0.2, -0.15) is 0 Å². The monoisotopic (exact) mass is 188 g/mol. The van der Waals surface area contributed by atoms with E-state index in [0.717, 1.165) is 11.4 Å². The molecule has 1 aliphatic heterocycles. The molecule has 2 rings (SSSR count). The number of para-hydroxylation sites is 2. The molecule has 0 aliphatic carbocycles. The van der Waals surface area contributed by atoms with Crippen LogP contribution in [0.3, 0.4) is 0 Å². The van der Waals surface area contributed by atoms with Crippen molar-refractivity contribution >= 4 is 17.3 Å². The minimum Gasteiger partial charge on any atom is -0.372 e. The molecule has 3 heteroatoms. The highest BCUT2D eigenvalue weighted by Crippen LogP contribution is 2.29. The van der Waals surface area contributed by atoms with Crippen molar-refractivity contribution < 1.29 is 4.79 Å². The molecule has 0 aromatic heterocycles. The fraction of sp³-hybridized carbons (Fsp3) is 0.273. The van der Waals surface area contributed by atoms with Gasteiger partial charge in [-0.05, 0) is 12.1 Å². The Kier molecular flexibility index (Phi) is 2.15. The summed E-state index contributed by atoms with van der Waals surface area (Å²) in [4.78, 5) is 15.1. The quantitative estimate of drug-likeness (QED) is 0.610. The molecule has 1 heterocycles. The number of rotatable bonds is 0. The Bertz CT molecular complexity index is 362. The maximum Gasteiger partial charge on any atom is 0.237 e. The van der Waals surface area contributed by atoms with Gasteiger partial charge >= 0.3 is 0 Å². The highest BCUT2D eigenvalue weighted by molar-refractivity contribution is 6.03. The number of hydrogen-bond donors (Lipinski definition) is 0. The van der Waals surface area contributed by atoms with Crippen LogP contribution in [0.1, 0.15) is 0 Å². The number of anilines is 2. The summed E-state index contributed by atoms with van der Waals surface area (Å²) in [7, 11) is 3.73. The SMILES string of the molecule is CN1C[C]C(=O)N(C)c2ccccc21. The summed E-state index contributed by atoms with van der Waals surface area (Å²) < 4.78 is 0. The Morgan fingerprint density at radius 3 is 2.57 bits per heavy atom. The fourth-order valence-corrected chi connectivity index (χ4v) is 1.57. The zero-order valence-corrected chi connectivity index (χ0v) is 8.32. The Morgan fingerprint density at radius 1 is 1.21 bits per heavy atom. The molecule has 0 spiro atoms. The van der Waals surface area contributed by atoms with E-state index in [1.54, 1.807) is 11.9 Å². The standard InChI is InChI=1S/C11H12N2O/c1-12-8-7-11(14)13(2)10-6-4-3-5-9(10)12/h3-6H,8H2,1-2H3. The highest BCUT2D eigenvalue weighted by Gasteiger charge is 2.21. The first-order valence-electron chi connectivity index (χ1n) is 4.52. The van der Waals surface area contributed by atoms with Gasteiger partial charge in [-0.1, -0.05) is 12.1 Å². The molecule has 0 saturated heterocycles. The second-order valence-electron chi connectivity index (χ2n) is 3.39. The van der Waals surface area contributed by atoms with Crippen LogP contribution in [-0.4, -0.2) is 26.5 Å². The summed E-state index contributed by atoms with van der Waals surface area (Å²) in [6, 6.07) is 7.85. The van der Waals surface area contributed by atoms with Gasteiger partial charge in [0.1, 0.15) is 6.42 Å². The van der Waals surface area contributed by atoms with E-state index >= 15 is 0 Å². The molecule has 1 amide bonds. The van der Waals surface area contributed by atoms with Gasteiger partial charge in [-0.25, -0.2) is 0 Å². The second kappa shape index (κ2) is 3.33. The molecule has 14 heavy (non-hydrogen) atoms. The lowest BCUT2D eigenvalue weighted by atomic mass is 10.2. The maximum absolute atomic E-state index is 11.5. The zero-order chi connectivity index (χ0) is 10.1. The zero-order valence-electron chi connectivity index (χ0n) is 8.32. The lowest BCUT2D eigenvalue weighted by molar-refractivity contribution is -0.115. The van der Waals surface area contributed by atoms with E-state index in [0.29, 0.717) is 6.54 Å². The van der Waals surface area contributed by atoms with E-state index in [2.05, 4.69) is 6.42 Å². The van der Waals surface area contributed by atoms with Crippen LogP contribution in [0.2, 0.25) is 0 Å². The van der Waals surface area contributed by atoms with Crippen molar-refractivity contribution in [3.8, 4) is 0 Å². The van der Waals surface area contributed by atoms with Crippen molar-refractivity contribution in [1.82, 2.24) is 0 Å². The van der Waals surface area contributed by atoms with Crippen molar-refractivity contribution in [3.05, 3.63) is 30.7 Å². The van der Waals surface area contributed by atoms with Gasteiger partial charge in [-0.3, -0.25) is 4.79 Å². The Labute approximate surface area is 83.9 Å². The number of benzene rings is 1. The first-order chi connectivity index (χ1) is 6.70. The van der Waals surface area contributed by atoms with Gasteiger partial charge in [0.25, 0.3) is 0 Å². The van der Waals surface area contributed by atoms with Gasteiger partial charge in [0.15, 0.2) is 0 Å². The second-order valence-corrected chi connectivity index (χ2v) is 3.39. The predicted octanol–water partition coefficient (Wildman–Crippen LogP) is 1.18. The average Bonchev–Trinajstić information content (AvgIpc) is 2.33. The number of fused-ring (bicyclic) bond motifs is 1. The van der Waals surface area contributed by atoms with Crippen LogP contribution in [0, 0.1) is 6.42 Å². The van der Waals surface area contributed by atoms with Crippen LogP contribution in [0.4, 0.5) is 11.4 Å². The van der Waals surface area contributed by atoms with Crippen molar-refractivity contribution in [2.75, 3.05) is 30.4 Å². The largest absolute Gasteiger partial charge is 0.372 e. The van der Waals surface area contributed by atoms with Crippen LogP contribution in [0.25, 0.3) is 0 Å². The molecule has 0 atom stereocenters. The third-order valence-corrected chi connectivity index (χ3v) is 2.43. The van der Waals surface area contributed by atoms with Crippen LogP contribution < -0.4 is 9.80 Å². The van der Waals surface area contributed by atoms with Gasteiger partial charge < -0.3 is 9.80 Å². The molecule has 0 N–H and O–H groups in total. The van der Waals surface area contributed by atoms with Gasteiger partial charge in [0.05, 0.1) is 11.4 Å². The van der Waals surface area contributed by atoms with Crippen LogP contribution in [0.15, 0.2) is 24.3 Å². The minimum atomic E-state index is -0.0678. The molecular weight excluding hydrogens is 176 g/mol. The smallest absolute Gasteiger partial charge is 0.237 e. The molecule has 2 radical (unpaired) electrons. The third-order valence-electron chi connectivity index (χ3n) is 2.43. The molecule has 3 nitrogen and oxygen atoms in total. The fourth-order valence-electron chi connectivity index (χ4n) is 1.57. The maximum atomic E-state index is 11.5. The Balaban J connectivity index is 2.51. The first kappa shape index (κ1) is 9.06. The summed E-state index contributed by atoms with van der Waals surface area (Å²) >= 11 is 0. The summed E-state index contributed by atoms with van der Waals surface area (Å²) in [5.74, 6) is -0.0678. The third kappa shape index (κ3) is 1.35. The molecular formula is C11H12N2O. The van der Waals surface area contributed by atoms with Crippen LogP contribution in [0.5, 0.6) is 0 Å². The van der Waals surface area contributed by atoms with Crippen molar-refractivity contribution in [3.63, 3.8) is 0 Å². The molecule has 72 valence electrons. The minimum absolute atomic E-state index is 0.0678. The molecule has 1 aromatic carbocycles. The van der Waals surface area contributed by atoms with E-state index in [-0.39, 0.29) is 5.91 Å². The number of carbonyl (C=O) groups excluding carboxylic acids is 1. The Morgan fingerprint density at radius 2 is 1.86 bits per heavy atom. The van der Waals surface area contributed by atoms with Crippen molar-refractivity contribution in [1.29, 1.82) is 0 Å². The normalized spacial score (nSPS) is 16.6. The molecule has 1 aromatic rings. The van der Waals surface area contributed by atoms with E-state index in [1.807, 2.05) is 36.2 Å². The summed E-state index contributed by atoms with van der Waals surface area (Å²) in [5, 5.41) is 0. The van der Waals surface area contributed by atoms with E-state index < -0.39 is 0 Å². The van der Waals surface area contributed by atoms with Gasteiger partial charge in [0, 0.05) is 20.6 Å². The molecule has 0 fully saturated rings. The molecule has 1 aliphatic rings. The topological polar surface area (TPSA) is 23.6 Å². The van der Waals surface area contributed by atoms with Crippen LogP contribution in [-0.2, 0) is 4.79 Å². The van der Waals surface area contributed by atoms with Gasteiger partial charge in [-0.15, -0.1) is 0 Å². The van der Waals surface area contributed by atoms with E-state index in [1.165, 1.54) is 0 Å². The lowest BCUT2D eigenvalue weighted by Crippen LogP contribution is -2.26. The highest BCUT2D eigenvalue weighted by atomic mass is 16.2. The molecule has 0 saturated carbocycles. The van der Waals surface area contributed by atoms with Crippen molar-refractivity contribution in [2.45, 2.75) is 0 Å². The van der Waals surface area contributed by atoms with Gasteiger partial charge in [0.2, 0.25) is 5.91 Å². The Hall–Kier alpha value is -1.51. The predicted molar refractivity (Wildman–Crippen MR) is 56.4 cm³/mol. The number of nitrogens with zero attached hydrogens (tertiary/aromatic N) is 2. The lowest BCUT2D eigenvalue weighted by Gasteiger charge is -2.20.